The maximum Gasteiger partial charge on any atom is 0.256 e. The van der Waals surface area contributed by atoms with E-state index in [1.807, 2.05) is 0 Å². The van der Waals surface area contributed by atoms with E-state index in [-0.39, 0.29) is 24.4 Å². The molecule has 2 aromatic carbocycles. The van der Waals surface area contributed by atoms with Gasteiger partial charge in [-0.05, 0) is 42.5 Å². The Kier molecular flexibility index (Phi) is 6.39. The van der Waals surface area contributed by atoms with Gasteiger partial charge in [0.05, 0.1) is 17.7 Å². The Bertz CT molecular complexity index is 977. The number of β-amino-alcohol motifs (C(OH)–C–C–N with tert-alkyl or cyclic N) is 1. The monoisotopic (exact) mass is 462 g/mol. The first-order valence-corrected chi connectivity index (χ1v) is 10.9. The molecule has 3 N–H and O–H groups in total. The van der Waals surface area contributed by atoms with Crippen molar-refractivity contribution in [2.24, 2.45) is 0 Å². The number of aliphatic hydroxyl groups excluding tert-OH is 1. The normalized spacial score (nSPS) is 22.0. The van der Waals surface area contributed by atoms with Crippen molar-refractivity contribution in [3.8, 4) is 0 Å². The summed E-state index contributed by atoms with van der Waals surface area (Å²) in [5.74, 6) is -0.245. The summed E-state index contributed by atoms with van der Waals surface area (Å²) in [5, 5.41) is 11.7. The highest BCUT2D eigenvalue weighted by Gasteiger charge is 2.39. The van der Waals surface area contributed by atoms with Gasteiger partial charge in [0, 0.05) is 60.6 Å². The van der Waals surface area contributed by atoms with Crippen LogP contribution in [0.5, 0.6) is 0 Å². The molecule has 2 fully saturated rings. The molecule has 2 aliphatic heterocycles. The topological polar surface area (TPSA) is 90.1 Å². The average molecular weight is 463 g/mol. The molecule has 2 amide bonds. The van der Waals surface area contributed by atoms with Gasteiger partial charge in [0.2, 0.25) is 0 Å². The third kappa shape index (κ3) is 4.65. The van der Waals surface area contributed by atoms with Crippen molar-refractivity contribution in [1.29, 1.82) is 0 Å². The molecule has 2 aromatic rings. The molecule has 2 saturated heterocycles. The lowest BCUT2D eigenvalue weighted by Gasteiger charge is -2.38. The Labute approximate surface area is 190 Å². The number of nitrogen functional groups attached to an aromatic ring is 1. The summed E-state index contributed by atoms with van der Waals surface area (Å²) in [6.45, 7) is 3.03. The number of nitrogens with zero attached hydrogens (tertiary/aromatic N) is 3. The molecule has 0 radical (unpaired) electrons. The van der Waals surface area contributed by atoms with Crippen molar-refractivity contribution in [3.63, 3.8) is 0 Å². The highest BCUT2D eigenvalue weighted by Crippen LogP contribution is 2.24. The van der Waals surface area contributed by atoms with E-state index in [0.717, 1.165) is 0 Å². The molecule has 31 heavy (non-hydrogen) atoms. The van der Waals surface area contributed by atoms with Gasteiger partial charge in [-0.2, -0.15) is 0 Å². The molecule has 2 unspecified atom stereocenters. The molecule has 7 nitrogen and oxygen atoms in total. The van der Waals surface area contributed by atoms with Gasteiger partial charge in [-0.15, -0.1) is 0 Å². The lowest BCUT2D eigenvalue weighted by Crippen LogP contribution is -2.54. The number of nitrogens with two attached hydrogens (primary N) is 1. The van der Waals surface area contributed by atoms with Crippen LogP contribution in [-0.4, -0.2) is 83.0 Å². The Morgan fingerprint density at radius 3 is 2.16 bits per heavy atom. The van der Waals surface area contributed by atoms with Crippen LogP contribution in [0.1, 0.15) is 20.7 Å². The minimum absolute atomic E-state index is 0.0293. The summed E-state index contributed by atoms with van der Waals surface area (Å²) < 4.78 is 0. The molecular weight excluding hydrogens is 439 g/mol. The summed E-state index contributed by atoms with van der Waals surface area (Å²) in [6.07, 6.45) is -0.656. The lowest BCUT2D eigenvalue weighted by molar-refractivity contribution is 0.0376. The number of aliphatic hydroxyl groups is 1. The molecule has 9 heteroatoms. The van der Waals surface area contributed by atoms with Gasteiger partial charge >= 0.3 is 0 Å². The predicted octanol–water partition coefficient (Wildman–Crippen LogP) is 2.22. The number of rotatable bonds is 3. The van der Waals surface area contributed by atoms with E-state index in [9.17, 15) is 14.7 Å². The first kappa shape index (κ1) is 21.9. The van der Waals surface area contributed by atoms with Crippen LogP contribution in [0.4, 0.5) is 5.69 Å². The maximum atomic E-state index is 12.9. The van der Waals surface area contributed by atoms with E-state index >= 15 is 0 Å². The van der Waals surface area contributed by atoms with Crippen LogP contribution in [0.15, 0.2) is 42.5 Å². The Balaban J connectivity index is 1.36. The summed E-state index contributed by atoms with van der Waals surface area (Å²) >= 11 is 11.8. The molecule has 0 aromatic heterocycles. The minimum atomic E-state index is -0.656. The van der Waals surface area contributed by atoms with Gasteiger partial charge in [0.1, 0.15) is 0 Å². The van der Waals surface area contributed by atoms with Crippen LogP contribution in [-0.2, 0) is 0 Å². The molecule has 2 atom stereocenters. The van der Waals surface area contributed by atoms with E-state index < -0.39 is 6.10 Å². The number of anilines is 1. The van der Waals surface area contributed by atoms with Crippen LogP contribution < -0.4 is 5.73 Å². The third-order valence-corrected chi connectivity index (χ3v) is 6.44. The highest BCUT2D eigenvalue weighted by molar-refractivity contribution is 6.31. The van der Waals surface area contributed by atoms with E-state index in [0.29, 0.717) is 59.6 Å². The van der Waals surface area contributed by atoms with E-state index in [1.165, 1.54) is 0 Å². The predicted molar refractivity (Wildman–Crippen MR) is 120 cm³/mol. The second kappa shape index (κ2) is 9.04. The first-order chi connectivity index (χ1) is 14.8. The van der Waals surface area contributed by atoms with Gasteiger partial charge in [0.15, 0.2) is 0 Å². The number of benzene rings is 2. The molecule has 0 spiro atoms. The molecule has 2 heterocycles. The van der Waals surface area contributed by atoms with Gasteiger partial charge in [-0.3, -0.25) is 14.5 Å². The summed E-state index contributed by atoms with van der Waals surface area (Å²) in [6, 6.07) is 11.5. The number of halogens is 2. The second-order valence-corrected chi connectivity index (χ2v) is 8.78. The van der Waals surface area contributed by atoms with E-state index in [2.05, 4.69) is 4.90 Å². The number of carbonyl (C=O) groups excluding carboxylic acids is 2. The molecule has 0 saturated carbocycles. The van der Waals surface area contributed by atoms with Gasteiger partial charge in [0.25, 0.3) is 11.8 Å². The standard InChI is InChI=1S/C22H24Cl2N4O3/c23-15-3-1-14(2-4-15)21(30)27-9-7-26(8-10-27)19-12-28(13-20(19)29)22(31)17-6-5-16(24)11-18(17)25/h1-6,11,19-20,29H,7-10,12-13,25H2. The Morgan fingerprint density at radius 2 is 1.52 bits per heavy atom. The molecule has 164 valence electrons. The van der Waals surface area contributed by atoms with Crippen LogP contribution in [0, 0.1) is 0 Å². The second-order valence-electron chi connectivity index (χ2n) is 7.91. The molecule has 4 rings (SSSR count). The lowest BCUT2D eigenvalue weighted by atomic mass is 10.1. The molecule has 0 aliphatic carbocycles. The zero-order valence-electron chi connectivity index (χ0n) is 16.9. The fourth-order valence-corrected chi connectivity index (χ4v) is 4.53. The van der Waals surface area contributed by atoms with Crippen molar-refractivity contribution in [3.05, 3.63) is 63.6 Å². The van der Waals surface area contributed by atoms with Crippen molar-refractivity contribution in [1.82, 2.24) is 14.7 Å². The Morgan fingerprint density at radius 1 is 0.871 bits per heavy atom. The van der Waals surface area contributed by atoms with E-state index in [4.69, 9.17) is 28.9 Å². The average Bonchev–Trinajstić information content (AvgIpc) is 3.15. The number of amides is 2. The summed E-state index contributed by atoms with van der Waals surface area (Å²) in [5.41, 5.74) is 7.27. The van der Waals surface area contributed by atoms with Crippen LogP contribution in [0.3, 0.4) is 0 Å². The van der Waals surface area contributed by atoms with Gasteiger partial charge < -0.3 is 20.6 Å². The Hall–Kier alpha value is -2.32. The third-order valence-electron chi connectivity index (χ3n) is 5.95. The number of hydrogen-bond acceptors (Lipinski definition) is 5. The van der Waals surface area contributed by atoms with Crippen LogP contribution >= 0.6 is 23.2 Å². The van der Waals surface area contributed by atoms with Crippen molar-refractivity contribution >= 4 is 40.7 Å². The maximum absolute atomic E-state index is 12.9. The molecule has 2 aliphatic rings. The SMILES string of the molecule is Nc1cc(Cl)ccc1C(=O)N1CC(O)C(N2CCN(C(=O)c3ccc(Cl)cc3)CC2)C1. The van der Waals surface area contributed by atoms with Gasteiger partial charge in [-0.1, -0.05) is 23.2 Å². The van der Waals surface area contributed by atoms with Crippen molar-refractivity contribution < 1.29 is 14.7 Å². The quantitative estimate of drug-likeness (QED) is 0.682. The number of carbonyl (C=O) groups is 2. The molecular formula is C22H24Cl2N4O3. The smallest absolute Gasteiger partial charge is 0.256 e. The summed E-state index contributed by atoms with van der Waals surface area (Å²) in [7, 11) is 0. The number of piperazine rings is 1. The van der Waals surface area contributed by atoms with Crippen molar-refractivity contribution in [2.75, 3.05) is 45.0 Å². The molecule has 0 bridgehead atoms. The number of likely N-dealkylation sites (tertiary alicyclic amines) is 1. The van der Waals surface area contributed by atoms with Crippen molar-refractivity contribution in [2.45, 2.75) is 12.1 Å². The zero-order valence-corrected chi connectivity index (χ0v) is 18.4. The number of hydrogen-bond donors (Lipinski definition) is 2. The first-order valence-electron chi connectivity index (χ1n) is 10.1. The van der Waals surface area contributed by atoms with E-state index in [1.54, 1.807) is 52.3 Å². The summed E-state index contributed by atoms with van der Waals surface area (Å²) in [4.78, 5) is 31.2. The highest BCUT2D eigenvalue weighted by atomic mass is 35.5. The fraction of sp³-hybridized carbons (Fsp3) is 0.364. The van der Waals surface area contributed by atoms with Gasteiger partial charge in [-0.25, -0.2) is 0 Å². The minimum Gasteiger partial charge on any atom is -0.398 e. The van der Waals surface area contributed by atoms with Crippen LogP contribution in [0.25, 0.3) is 0 Å². The zero-order chi connectivity index (χ0) is 22.1. The largest absolute Gasteiger partial charge is 0.398 e. The fourth-order valence-electron chi connectivity index (χ4n) is 4.22. The van der Waals surface area contributed by atoms with Crippen LogP contribution in [0.2, 0.25) is 10.0 Å².